The molecule has 0 fully saturated rings. The zero-order chi connectivity index (χ0) is 15.5. The van der Waals surface area contributed by atoms with Crippen molar-refractivity contribution in [3.8, 4) is 0 Å². The molecule has 2 rings (SSSR count). The number of benzene rings is 1. The number of nitrogens with zero attached hydrogens (tertiary/aromatic N) is 2. The van der Waals surface area contributed by atoms with Gasteiger partial charge in [0.15, 0.2) is 0 Å². The summed E-state index contributed by atoms with van der Waals surface area (Å²) in [4.78, 5) is 19.7. The molecule has 0 radical (unpaired) electrons. The Kier molecular flexibility index (Phi) is 7.71. The van der Waals surface area contributed by atoms with E-state index in [1.165, 1.54) is 6.42 Å². The maximum absolute atomic E-state index is 10.4. The average molecular weight is 292 g/mol. The van der Waals surface area contributed by atoms with Gasteiger partial charge in [-0.2, -0.15) is 0 Å². The van der Waals surface area contributed by atoms with Gasteiger partial charge in [-0.25, -0.2) is 0 Å². The lowest BCUT2D eigenvalue weighted by Crippen LogP contribution is -2.00. The van der Waals surface area contributed by atoms with Crippen molar-refractivity contribution in [2.45, 2.75) is 45.1 Å². The summed E-state index contributed by atoms with van der Waals surface area (Å²) in [5.41, 5.74) is 1.16. The van der Waals surface area contributed by atoms with Crippen LogP contribution in [0.1, 0.15) is 44.1 Å². The van der Waals surface area contributed by atoms with Gasteiger partial charge in [-0.15, -0.1) is 0 Å². The minimum atomic E-state index is -0.338. The van der Waals surface area contributed by atoms with Crippen LogP contribution < -0.4 is 0 Å². The molecule has 6 heteroatoms. The first-order valence-electron chi connectivity index (χ1n) is 7.08. The highest BCUT2D eigenvalue weighted by molar-refractivity contribution is 5.13. The van der Waals surface area contributed by atoms with E-state index in [-0.39, 0.29) is 16.4 Å². The lowest BCUT2D eigenvalue weighted by atomic mass is 10.0. The van der Waals surface area contributed by atoms with E-state index in [0.717, 1.165) is 31.2 Å². The van der Waals surface area contributed by atoms with Crippen LogP contribution >= 0.6 is 0 Å². The Morgan fingerprint density at radius 1 is 0.952 bits per heavy atom. The first-order chi connectivity index (χ1) is 10.1. The lowest BCUT2D eigenvalue weighted by molar-refractivity contribution is -0.496. The molecule has 114 valence electrons. The van der Waals surface area contributed by atoms with E-state index < -0.39 is 0 Å². The third-order valence-corrected chi connectivity index (χ3v) is 3.16. The molecule has 0 aliphatic heterocycles. The standard InChI is InChI=1S/C8H13NO2.C7H7NO2/c10-9(11)8-6-4-2-1-3-5-7-8;9-8(10)6-7-4-2-1-3-5-7/h6H,1-5,7H2;1-5H,6H2. The van der Waals surface area contributed by atoms with E-state index in [2.05, 4.69) is 0 Å². The molecule has 0 spiro atoms. The fourth-order valence-electron chi connectivity index (χ4n) is 2.07. The van der Waals surface area contributed by atoms with Gasteiger partial charge in [-0.05, 0) is 25.3 Å². The van der Waals surface area contributed by atoms with Crippen molar-refractivity contribution in [2.75, 3.05) is 0 Å². The Hall–Kier alpha value is -2.24. The number of hydrogen-bond acceptors (Lipinski definition) is 4. The molecule has 1 aromatic carbocycles. The third-order valence-electron chi connectivity index (χ3n) is 3.16. The Morgan fingerprint density at radius 3 is 2.24 bits per heavy atom. The monoisotopic (exact) mass is 292 g/mol. The number of hydrogen-bond donors (Lipinski definition) is 0. The van der Waals surface area contributed by atoms with Crippen LogP contribution in [0.25, 0.3) is 0 Å². The van der Waals surface area contributed by atoms with Crippen molar-refractivity contribution < 1.29 is 9.85 Å². The average Bonchev–Trinajstić information content (AvgIpc) is 2.38. The molecule has 0 unspecified atom stereocenters. The summed E-state index contributed by atoms with van der Waals surface area (Å²) in [6.45, 7) is -0.0825. The molecule has 1 aliphatic rings. The lowest BCUT2D eigenvalue weighted by Gasteiger charge is -2.03. The molecule has 0 heterocycles. The van der Waals surface area contributed by atoms with Crippen LogP contribution in [0.4, 0.5) is 0 Å². The highest BCUT2D eigenvalue weighted by atomic mass is 16.6. The van der Waals surface area contributed by atoms with Gasteiger partial charge < -0.3 is 0 Å². The molecule has 0 saturated carbocycles. The molecule has 0 N–H and O–H groups in total. The first kappa shape index (κ1) is 16.8. The molecule has 0 saturated heterocycles. The minimum Gasteiger partial charge on any atom is -0.264 e. The van der Waals surface area contributed by atoms with Gasteiger partial charge in [0.25, 0.3) is 0 Å². The number of nitro groups is 2. The molecule has 6 nitrogen and oxygen atoms in total. The number of rotatable bonds is 3. The topological polar surface area (TPSA) is 86.3 Å². The molecule has 0 bridgehead atoms. The van der Waals surface area contributed by atoms with Gasteiger partial charge in [-0.3, -0.25) is 20.2 Å². The quantitative estimate of drug-likeness (QED) is 0.623. The summed E-state index contributed by atoms with van der Waals surface area (Å²) in [6.07, 6.45) is 7.78. The van der Waals surface area contributed by atoms with Gasteiger partial charge in [0.1, 0.15) is 0 Å². The van der Waals surface area contributed by atoms with Crippen LogP contribution in [0, 0.1) is 20.2 Å². The zero-order valence-electron chi connectivity index (χ0n) is 11.9. The van der Waals surface area contributed by atoms with Crippen molar-refractivity contribution in [2.24, 2.45) is 0 Å². The second-order valence-corrected chi connectivity index (χ2v) is 4.88. The van der Waals surface area contributed by atoms with Crippen molar-refractivity contribution in [3.05, 3.63) is 67.9 Å². The Morgan fingerprint density at radius 2 is 1.62 bits per heavy atom. The summed E-state index contributed by atoms with van der Waals surface area (Å²) < 4.78 is 0. The SMILES string of the molecule is O=[N+]([O-])C1=CCCCCCC1.O=[N+]([O-])Cc1ccccc1. The fourth-order valence-corrected chi connectivity index (χ4v) is 2.07. The largest absolute Gasteiger partial charge is 0.264 e. The van der Waals surface area contributed by atoms with Crippen molar-refractivity contribution >= 4 is 0 Å². The maximum atomic E-state index is 10.4. The number of allylic oxidation sites excluding steroid dienone is 2. The highest BCUT2D eigenvalue weighted by Gasteiger charge is 2.10. The van der Waals surface area contributed by atoms with E-state index in [0.29, 0.717) is 12.1 Å². The molecular formula is C15H20N2O4. The molecular weight excluding hydrogens is 272 g/mol. The van der Waals surface area contributed by atoms with Crippen molar-refractivity contribution in [1.82, 2.24) is 0 Å². The smallest absolute Gasteiger partial charge is 0.242 e. The van der Waals surface area contributed by atoms with Gasteiger partial charge >= 0.3 is 0 Å². The molecule has 1 aromatic rings. The second-order valence-electron chi connectivity index (χ2n) is 4.88. The van der Waals surface area contributed by atoms with E-state index in [1.807, 2.05) is 6.07 Å². The summed E-state index contributed by atoms with van der Waals surface area (Å²) >= 11 is 0. The first-order valence-corrected chi connectivity index (χ1v) is 7.08. The highest BCUT2D eigenvalue weighted by Crippen LogP contribution is 2.16. The molecule has 0 aromatic heterocycles. The van der Waals surface area contributed by atoms with E-state index in [1.54, 1.807) is 30.3 Å². The Bertz CT molecular complexity index is 486. The van der Waals surface area contributed by atoms with Gasteiger partial charge in [0.05, 0.1) is 4.92 Å². The van der Waals surface area contributed by atoms with Crippen LogP contribution in [0.15, 0.2) is 42.1 Å². The summed E-state index contributed by atoms with van der Waals surface area (Å²) in [6, 6.07) is 8.90. The predicted molar refractivity (Wildman–Crippen MR) is 79.9 cm³/mol. The summed E-state index contributed by atoms with van der Waals surface area (Å²) in [7, 11) is 0. The summed E-state index contributed by atoms with van der Waals surface area (Å²) in [5.74, 6) is 0. The van der Waals surface area contributed by atoms with Gasteiger partial charge in [0, 0.05) is 16.9 Å². The van der Waals surface area contributed by atoms with Gasteiger partial charge in [-0.1, -0.05) is 43.2 Å². The molecule has 21 heavy (non-hydrogen) atoms. The molecule has 0 atom stereocenters. The van der Waals surface area contributed by atoms with E-state index >= 15 is 0 Å². The van der Waals surface area contributed by atoms with Crippen LogP contribution in [0.2, 0.25) is 0 Å². The maximum Gasteiger partial charge on any atom is 0.242 e. The van der Waals surface area contributed by atoms with Crippen molar-refractivity contribution in [3.63, 3.8) is 0 Å². The molecule has 0 amide bonds. The van der Waals surface area contributed by atoms with Crippen LogP contribution in [0.5, 0.6) is 0 Å². The Labute approximate surface area is 123 Å². The second kappa shape index (κ2) is 9.63. The minimum absolute atomic E-state index is 0.0825. The normalized spacial score (nSPS) is 14.8. The zero-order valence-corrected chi connectivity index (χ0v) is 11.9. The van der Waals surface area contributed by atoms with Gasteiger partial charge in [0.2, 0.25) is 12.2 Å². The Balaban J connectivity index is 0.000000211. The van der Waals surface area contributed by atoms with Crippen LogP contribution in [-0.2, 0) is 6.54 Å². The third kappa shape index (κ3) is 7.81. The van der Waals surface area contributed by atoms with Crippen molar-refractivity contribution in [1.29, 1.82) is 0 Å². The molecule has 1 aliphatic carbocycles. The van der Waals surface area contributed by atoms with Crippen LogP contribution in [-0.4, -0.2) is 9.85 Å². The van der Waals surface area contributed by atoms with E-state index in [4.69, 9.17) is 0 Å². The summed E-state index contributed by atoms with van der Waals surface area (Å²) in [5, 5.41) is 20.3. The predicted octanol–water partition coefficient (Wildman–Crippen LogP) is 3.96. The fraction of sp³-hybridized carbons (Fsp3) is 0.467. The van der Waals surface area contributed by atoms with E-state index in [9.17, 15) is 20.2 Å². The van der Waals surface area contributed by atoms with Crippen LogP contribution in [0.3, 0.4) is 0 Å².